The fourth-order valence-corrected chi connectivity index (χ4v) is 7.46. The number of terminal acetylenes is 1. The molecular weight excluding hydrogens is 492 g/mol. The van der Waals surface area contributed by atoms with Gasteiger partial charge in [-0.15, -0.1) is 6.42 Å². The summed E-state index contributed by atoms with van der Waals surface area (Å²) in [5, 5.41) is 0. The summed E-state index contributed by atoms with van der Waals surface area (Å²) in [6, 6.07) is 11.7. The molecule has 0 heterocycles. The maximum absolute atomic E-state index is 13.9. The molecule has 0 amide bonds. The smallest absolute Gasteiger partial charge is 0.207 e. The zero-order chi connectivity index (χ0) is 26.5. The molecule has 0 spiro atoms. The largest absolute Gasteiger partial charge is 0.244 e. The molecule has 2 aromatic carbocycles. The average Bonchev–Trinajstić information content (AvgIpc) is 2.86. The van der Waals surface area contributed by atoms with Gasteiger partial charge in [0.15, 0.2) is 0 Å². The Balaban J connectivity index is 2.13. The zero-order valence-corrected chi connectivity index (χ0v) is 22.3. The molecule has 36 heavy (non-hydrogen) atoms. The minimum absolute atomic E-state index is 0.0246. The molecule has 0 aliphatic heterocycles. The molecule has 1 aliphatic carbocycles. The van der Waals surface area contributed by atoms with Crippen LogP contribution in [0.4, 0.5) is 0 Å². The molecular formula is C28H32N2O4S2. The van der Waals surface area contributed by atoms with Crippen LogP contribution in [0.3, 0.4) is 0 Å². The van der Waals surface area contributed by atoms with Crippen LogP contribution in [0.15, 0.2) is 95.3 Å². The highest BCUT2D eigenvalue weighted by Crippen LogP contribution is 2.32. The number of benzene rings is 2. The van der Waals surface area contributed by atoms with Gasteiger partial charge < -0.3 is 0 Å². The summed E-state index contributed by atoms with van der Waals surface area (Å²) in [7, 11) is -8.01. The van der Waals surface area contributed by atoms with E-state index in [0.29, 0.717) is 18.4 Å². The number of aryl methyl sites for hydroxylation is 2. The van der Waals surface area contributed by atoms with Crippen molar-refractivity contribution < 1.29 is 16.8 Å². The van der Waals surface area contributed by atoms with Crippen LogP contribution >= 0.6 is 0 Å². The van der Waals surface area contributed by atoms with Crippen LogP contribution in [0.5, 0.6) is 0 Å². The summed E-state index contributed by atoms with van der Waals surface area (Å²) in [5.74, 6) is 2.46. The molecule has 1 aliphatic rings. The second-order valence-corrected chi connectivity index (χ2v) is 12.7. The Morgan fingerprint density at radius 1 is 0.889 bits per heavy atom. The van der Waals surface area contributed by atoms with E-state index in [1.54, 1.807) is 48.5 Å². The minimum atomic E-state index is -4.00. The van der Waals surface area contributed by atoms with Crippen molar-refractivity contribution in [1.82, 2.24) is 8.61 Å². The van der Waals surface area contributed by atoms with E-state index in [2.05, 4.69) is 19.1 Å². The second kappa shape index (κ2) is 11.4. The van der Waals surface area contributed by atoms with E-state index in [4.69, 9.17) is 6.42 Å². The molecule has 2 aromatic rings. The van der Waals surface area contributed by atoms with Gasteiger partial charge >= 0.3 is 0 Å². The summed E-state index contributed by atoms with van der Waals surface area (Å²) in [6.07, 6.45) is 11.5. The number of sulfonamides is 2. The lowest BCUT2D eigenvalue weighted by molar-refractivity contribution is 0.201. The normalized spacial score (nSPS) is 18.2. The summed E-state index contributed by atoms with van der Waals surface area (Å²) in [5.41, 5.74) is 2.36. The van der Waals surface area contributed by atoms with E-state index >= 15 is 0 Å². The van der Waals surface area contributed by atoms with Crippen molar-refractivity contribution in [3.05, 3.63) is 96.6 Å². The van der Waals surface area contributed by atoms with Gasteiger partial charge in [0, 0.05) is 18.6 Å². The first-order valence-electron chi connectivity index (χ1n) is 11.6. The molecule has 3 rings (SSSR count). The predicted octanol–water partition coefficient (Wildman–Crippen LogP) is 4.45. The maximum atomic E-state index is 13.9. The Morgan fingerprint density at radius 3 is 1.72 bits per heavy atom. The first kappa shape index (κ1) is 27.6. The van der Waals surface area contributed by atoms with Crippen molar-refractivity contribution >= 4 is 20.0 Å². The van der Waals surface area contributed by atoms with Crippen LogP contribution in [-0.4, -0.2) is 50.6 Å². The lowest BCUT2D eigenvalue weighted by atomic mass is 9.95. The Kier molecular flexibility index (Phi) is 8.75. The molecule has 0 fully saturated rings. The predicted molar refractivity (Wildman–Crippen MR) is 144 cm³/mol. The molecule has 0 saturated carbocycles. The van der Waals surface area contributed by atoms with Gasteiger partial charge in [0.25, 0.3) is 0 Å². The molecule has 0 unspecified atom stereocenters. The molecule has 6 nitrogen and oxygen atoms in total. The van der Waals surface area contributed by atoms with Gasteiger partial charge in [-0.1, -0.05) is 72.7 Å². The standard InChI is InChI=1S/C28H32N2O4S2/c1-6-20-29(35(31,32)25-16-12-23(4)13-17-25)27-10-8-9-11-28(27)30(21-22(3)7-2)36(33,34)26-18-14-24(5)15-19-26/h1,7-9,12-19,27-28H,2-3,10-11,20-21H2,4-5H3/t27-,28+/m0/s1. The minimum Gasteiger partial charge on any atom is -0.207 e. The van der Waals surface area contributed by atoms with Crippen molar-refractivity contribution in [1.29, 1.82) is 0 Å². The van der Waals surface area contributed by atoms with Crippen LogP contribution in [0.25, 0.3) is 0 Å². The summed E-state index contributed by atoms with van der Waals surface area (Å²) in [4.78, 5) is 0.239. The van der Waals surface area contributed by atoms with Crippen LogP contribution < -0.4 is 0 Å². The van der Waals surface area contributed by atoms with Gasteiger partial charge in [0.1, 0.15) is 0 Å². The van der Waals surface area contributed by atoms with E-state index in [1.165, 1.54) is 14.7 Å². The fraction of sp³-hybridized carbons (Fsp3) is 0.286. The van der Waals surface area contributed by atoms with Crippen molar-refractivity contribution in [3.63, 3.8) is 0 Å². The maximum Gasteiger partial charge on any atom is 0.244 e. The quantitative estimate of drug-likeness (QED) is 0.262. The van der Waals surface area contributed by atoms with Gasteiger partial charge in [-0.3, -0.25) is 0 Å². The molecule has 2 atom stereocenters. The monoisotopic (exact) mass is 524 g/mol. The molecule has 190 valence electrons. The molecule has 0 bridgehead atoms. The van der Waals surface area contributed by atoms with Gasteiger partial charge in [-0.25, -0.2) is 16.8 Å². The number of hydrogen-bond acceptors (Lipinski definition) is 4. The summed E-state index contributed by atoms with van der Waals surface area (Å²) < 4.78 is 57.9. The first-order chi connectivity index (χ1) is 17.0. The lowest BCUT2D eigenvalue weighted by Crippen LogP contribution is -2.56. The third-order valence-electron chi connectivity index (χ3n) is 6.26. The van der Waals surface area contributed by atoms with Gasteiger partial charge in [0.2, 0.25) is 20.0 Å². The van der Waals surface area contributed by atoms with Crippen LogP contribution in [0.1, 0.15) is 24.0 Å². The van der Waals surface area contributed by atoms with Gasteiger partial charge in [0.05, 0.1) is 16.3 Å². The van der Waals surface area contributed by atoms with Gasteiger partial charge in [-0.2, -0.15) is 8.61 Å². The van der Waals surface area contributed by atoms with Crippen molar-refractivity contribution in [2.75, 3.05) is 13.1 Å². The molecule has 0 N–H and O–H groups in total. The van der Waals surface area contributed by atoms with Crippen LogP contribution in [-0.2, 0) is 20.0 Å². The highest BCUT2D eigenvalue weighted by Gasteiger charge is 2.42. The highest BCUT2D eigenvalue weighted by atomic mass is 32.2. The zero-order valence-electron chi connectivity index (χ0n) is 20.7. The van der Waals surface area contributed by atoms with E-state index in [1.807, 2.05) is 26.0 Å². The first-order valence-corrected chi connectivity index (χ1v) is 14.5. The Bertz CT molecular complexity index is 1380. The van der Waals surface area contributed by atoms with E-state index < -0.39 is 32.1 Å². The Morgan fingerprint density at radius 2 is 1.31 bits per heavy atom. The van der Waals surface area contributed by atoms with Crippen LogP contribution in [0.2, 0.25) is 0 Å². The average molecular weight is 525 g/mol. The number of rotatable bonds is 10. The van der Waals surface area contributed by atoms with Gasteiger partial charge in [-0.05, 0) is 56.5 Å². The molecule has 0 aromatic heterocycles. The highest BCUT2D eigenvalue weighted by molar-refractivity contribution is 7.89. The third-order valence-corrected chi connectivity index (χ3v) is 10.0. The van der Waals surface area contributed by atoms with Crippen LogP contribution in [0, 0.1) is 26.2 Å². The van der Waals surface area contributed by atoms with Crippen molar-refractivity contribution in [2.45, 2.75) is 48.6 Å². The third kappa shape index (κ3) is 5.88. The number of nitrogens with zero attached hydrogens (tertiary/aromatic N) is 2. The lowest BCUT2D eigenvalue weighted by Gasteiger charge is -2.41. The second-order valence-electron chi connectivity index (χ2n) is 8.87. The van der Waals surface area contributed by atoms with Crippen molar-refractivity contribution in [3.8, 4) is 12.3 Å². The van der Waals surface area contributed by atoms with E-state index in [0.717, 1.165) is 11.1 Å². The topological polar surface area (TPSA) is 74.8 Å². The fourth-order valence-electron chi connectivity index (χ4n) is 4.21. The molecule has 8 heteroatoms. The Hall–Kier alpha value is -2.96. The summed E-state index contributed by atoms with van der Waals surface area (Å²) in [6.45, 7) is 11.2. The molecule has 0 radical (unpaired) electrons. The van der Waals surface area contributed by atoms with E-state index in [9.17, 15) is 16.8 Å². The van der Waals surface area contributed by atoms with Crippen molar-refractivity contribution in [2.24, 2.45) is 0 Å². The molecule has 0 saturated heterocycles. The number of hydrogen-bond donors (Lipinski definition) is 0. The Labute approximate surface area is 215 Å². The van der Waals surface area contributed by atoms with E-state index in [-0.39, 0.29) is 22.9 Å². The SMILES string of the molecule is C#CCN([C@H]1CC=CC[C@H]1N(CC(=C)C=C)S(=O)(=O)c1ccc(C)cc1)S(=O)(=O)c1ccc(C)cc1. The summed E-state index contributed by atoms with van der Waals surface area (Å²) >= 11 is 0.